The van der Waals surface area contributed by atoms with Crippen molar-refractivity contribution in [3.63, 3.8) is 0 Å². The molecule has 3 heteroatoms. The zero-order valence-electron chi connectivity index (χ0n) is 17.1. The molecule has 0 aliphatic heterocycles. The third-order valence-electron chi connectivity index (χ3n) is 4.82. The Labute approximate surface area is 156 Å². The minimum Gasteiger partial charge on any atom is -0.460 e. The number of carbonyl (C=O) groups is 1. The largest absolute Gasteiger partial charge is 0.460 e. The maximum atomic E-state index is 11.4. The molecule has 0 saturated carbocycles. The maximum Gasteiger partial charge on any atom is 0.306 e. The van der Waals surface area contributed by atoms with E-state index in [9.17, 15) is 4.79 Å². The van der Waals surface area contributed by atoms with Crippen molar-refractivity contribution < 1.29 is 14.6 Å². The van der Waals surface area contributed by atoms with E-state index in [1.54, 1.807) is 6.92 Å². The molecule has 0 aromatic carbocycles. The second-order valence-corrected chi connectivity index (χ2v) is 7.54. The fourth-order valence-electron chi connectivity index (χ4n) is 3.14. The summed E-state index contributed by atoms with van der Waals surface area (Å²) in [6.07, 6.45) is 21.5. The van der Waals surface area contributed by atoms with Crippen molar-refractivity contribution in [3.8, 4) is 0 Å². The number of ether oxygens (including phenoxy) is 1. The molecule has 0 spiro atoms. The van der Waals surface area contributed by atoms with Gasteiger partial charge in [0.25, 0.3) is 0 Å². The molecule has 1 unspecified atom stereocenters. The van der Waals surface area contributed by atoms with Gasteiger partial charge in [-0.05, 0) is 13.3 Å². The van der Waals surface area contributed by atoms with Crippen LogP contribution in [0.2, 0.25) is 0 Å². The number of esters is 1. The number of hydrogen-bond acceptors (Lipinski definition) is 3. The van der Waals surface area contributed by atoms with Crippen molar-refractivity contribution in [1.29, 1.82) is 0 Å². The van der Waals surface area contributed by atoms with Crippen LogP contribution in [0.5, 0.6) is 0 Å². The zero-order valence-corrected chi connectivity index (χ0v) is 17.1. The number of aliphatic hydroxyl groups excluding tert-OH is 1. The standard InChI is InChI=1S/C22H44O3/c1-3-4-5-6-7-8-9-10-11-12-13-14-15-16-17-18-19-22(24)25-21(2)20-23/h21,23H,3-20H2,1-2H3. The highest BCUT2D eigenvalue weighted by atomic mass is 16.5. The van der Waals surface area contributed by atoms with Crippen molar-refractivity contribution in [2.24, 2.45) is 0 Å². The average molecular weight is 357 g/mol. The highest BCUT2D eigenvalue weighted by Crippen LogP contribution is 2.14. The number of hydrogen-bond donors (Lipinski definition) is 1. The van der Waals surface area contributed by atoms with Gasteiger partial charge in [-0.25, -0.2) is 0 Å². The Kier molecular flexibility index (Phi) is 19.3. The predicted molar refractivity (Wildman–Crippen MR) is 107 cm³/mol. The smallest absolute Gasteiger partial charge is 0.306 e. The first-order chi connectivity index (χ1) is 12.2. The van der Waals surface area contributed by atoms with Gasteiger partial charge in [0, 0.05) is 6.42 Å². The molecular weight excluding hydrogens is 312 g/mol. The van der Waals surface area contributed by atoms with Crippen LogP contribution in [0.1, 0.15) is 123 Å². The molecule has 0 aliphatic rings. The van der Waals surface area contributed by atoms with Gasteiger partial charge in [0.2, 0.25) is 0 Å². The predicted octanol–water partition coefficient (Wildman–Crippen LogP) is 6.56. The van der Waals surface area contributed by atoms with Gasteiger partial charge in [-0.2, -0.15) is 0 Å². The van der Waals surface area contributed by atoms with Crippen molar-refractivity contribution in [1.82, 2.24) is 0 Å². The molecule has 25 heavy (non-hydrogen) atoms. The molecular formula is C22H44O3. The van der Waals surface area contributed by atoms with Crippen LogP contribution in [0.15, 0.2) is 0 Å². The summed E-state index contributed by atoms with van der Waals surface area (Å²) < 4.78 is 5.03. The third-order valence-corrected chi connectivity index (χ3v) is 4.82. The van der Waals surface area contributed by atoms with Gasteiger partial charge in [0.1, 0.15) is 6.10 Å². The van der Waals surface area contributed by atoms with Crippen LogP contribution in [0.25, 0.3) is 0 Å². The summed E-state index contributed by atoms with van der Waals surface area (Å²) in [6.45, 7) is 3.90. The summed E-state index contributed by atoms with van der Waals surface area (Å²) in [4.78, 5) is 11.4. The summed E-state index contributed by atoms with van der Waals surface area (Å²) in [6, 6.07) is 0. The maximum absolute atomic E-state index is 11.4. The SMILES string of the molecule is CCCCCCCCCCCCCCCCCCC(=O)OC(C)CO. The van der Waals surface area contributed by atoms with Gasteiger partial charge in [0.05, 0.1) is 6.61 Å². The second kappa shape index (κ2) is 19.8. The second-order valence-electron chi connectivity index (χ2n) is 7.54. The molecule has 0 aromatic rings. The molecule has 3 nitrogen and oxygen atoms in total. The fourth-order valence-corrected chi connectivity index (χ4v) is 3.14. The highest BCUT2D eigenvalue weighted by Gasteiger charge is 2.07. The van der Waals surface area contributed by atoms with Crippen molar-refractivity contribution in [3.05, 3.63) is 0 Å². The summed E-state index contributed by atoms with van der Waals surface area (Å²) in [5, 5.41) is 8.82. The van der Waals surface area contributed by atoms with Crippen LogP contribution >= 0.6 is 0 Å². The van der Waals surface area contributed by atoms with Crippen LogP contribution in [-0.4, -0.2) is 23.8 Å². The van der Waals surface area contributed by atoms with Gasteiger partial charge in [-0.3, -0.25) is 4.79 Å². The van der Waals surface area contributed by atoms with Crippen molar-refractivity contribution in [2.75, 3.05) is 6.61 Å². The minimum absolute atomic E-state index is 0.0926. The molecule has 0 aliphatic carbocycles. The fraction of sp³-hybridized carbons (Fsp3) is 0.955. The molecule has 0 bridgehead atoms. The number of carbonyl (C=O) groups excluding carboxylic acids is 1. The lowest BCUT2D eigenvalue weighted by Gasteiger charge is -2.09. The monoisotopic (exact) mass is 356 g/mol. The summed E-state index contributed by atoms with van der Waals surface area (Å²) in [5.41, 5.74) is 0. The molecule has 1 atom stereocenters. The van der Waals surface area contributed by atoms with E-state index in [1.807, 2.05) is 0 Å². The van der Waals surface area contributed by atoms with Crippen molar-refractivity contribution in [2.45, 2.75) is 129 Å². The van der Waals surface area contributed by atoms with Gasteiger partial charge >= 0.3 is 5.97 Å². The van der Waals surface area contributed by atoms with E-state index in [4.69, 9.17) is 9.84 Å². The van der Waals surface area contributed by atoms with Crippen LogP contribution in [0.3, 0.4) is 0 Å². The Morgan fingerprint density at radius 3 is 1.44 bits per heavy atom. The lowest BCUT2D eigenvalue weighted by atomic mass is 10.0. The number of rotatable bonds is 19. The van der Waals surface area contributed by atoms with Crippen LogP contribution in [-0.2, 0) is 9.53 Å². The Morgan fingerprint density at radius 2 is 1.08 bits per heavy atom. The minimum atomic E-state index is -0.367. The zero-order chi connectivity index (χ0) is 18.6. The topological polar surface area (TPSA) is 46.5 Å². The van der Waals surface area contributed by atoms with Crippen LogP contribution in [0.4, 0.5) is 0 Å². The van der Waals surface area contributed by atoms with Gasteiger partial charge < -0.3 is 9.84 Å². The summed E-state index contributed by atoms with van der Waals surface area (Å²) in [7, 11) is 0. The highest BCUT2D eigenvalue weighted by molar-refractivity contribution is 5.69. The quantitative estimate of drug-likeness (QED) is 0.210. The van der Waals surface area contributed by atoms with E-state index in [1.165, 1.54) is 89.9 Å². The Balaban J connectivity index is 3.11. The van der Waals surface area contributed by atoms with Crippen molar-refractivity contribution >= 4 is 5.97 Å². The first kappa shape index (κ1) is 24.4. The van der Waals surface area contributed by atoms with E-state index >= 15 is 0 Å². The molecule has 0 radical (unpaired) electrons. The summed E-state index contributed by atoms with van der Waals surface area (Å²) >= 11 is 0. The lowest BCUT2D eigenvalue weighted by molar-refractivity contribution is -0.150. The molecule has 0 heterocycles. The summed E-state index contributed by atoms with van der Waals surface area (Å²) in [5.74, 6) is -0.174. The van der Waals surface area contributed by atoms with Gasteiger partial charge in [-0.15, -0.1) is 0 Å². The van der Waals surface area contributed by atoms with E-state index < -0.39 is 0 Å². The Morgan fingerprint density at radius 1 is 0.720 bits per heavy atom. The molecule has 1 N–H and O–H groups in total. The van der Waals surface area contributed by atoms with Crippen LogP contribution < -0.4 is 0 Å². The Bertz CT molecular complexity index is 278. The van der Waals surface area contributed by atoms with E-state index in [2.05, 4.69) is 6.92 Å². The molecule has 0 amide bonds. The molecule has 0 rings (SSSR count). The normalized spacial score (nSPS) is 12.3. The molecule has 0 fully saturated rings. The Hall–Kier alpha value is -0.570. The van der Waals surface area contributed by atoms with Gasteiger partial charge in [-0.1, -0.05) is 103 Å². The first-order valence-electron chi connectivity index (χ1n) is 11.0. The molecule has 0 aromatic heterocycles. The van der Waals surface area contributed by atoms with E-state index in [0.717, 1.165) is 12.8 Å². The number of aliphatic hydroxyl groups is 1. The average Bonchev–Trinajstić information content (AvgIpc) is 2.61. The first-order valence-corrected chi connectivity index (χ1v) is 11.0. The van der Waals surface area contributed by atoms with Gasteiger partial charge in [0.15, 0.2) is 0 Å². The lowest BCUT2D eigenvalue weighted by Crippen LogP contribution is -2.18. The van der Waals surface area contributed by atoms with Crippen LogP contribution in [0, 0.1) is 0 Å². The van der Waals surface area contributed by atoms with E-state index in [-0.39, 0.29) is 18.7 Å². The third kappa shape index (κ3) is 19.6. The number of unbranched alkanes of at least 4 members (excludes halogenated alkanes) is 15. The molecule has 150 valence electrons. The molecule has 0 saturated heterocycles. The van der Waals surface area contributed by atoms with E-state index in [0.29, 0.717) is 6.42 Å².